The Hall–Kier alpha value is -1.81. The summed E-state index contributed by atoms with van der Waals surface area (Å²) in [5, 5.41) is 0. The number of rotatable bonds is 6. The average Bonchev–Trinajstić information content (AvgIpc) is 3.08. The molecule has 0 N–H and O–H groups in total. The van der Waals surface area contributed by atoms with Crippen LogP contribution in [0.1, 0.15) is 70.3 Å². The van der Waals surface area contributed by atoms with Crippen LogP contribution >= 0.6 is 0 Å². The van der Waals surface area contributed by atoms with Crippen LogP contribution in [0.5, 0.6) is 0 Å². The van der Waals surface area contributed by atoms with Crippen molar-refractivity contribution in [1.29, 1.82) is 0 Å². The van der Waals surface area contributed by atoms with Gasteiger partial charge in [-0.1, -0.05) is 0 Å². The lowest BCUT2D eigenvalue weighted by molar-refractivity contribution is -0.163. The predicted octanol–water partition coefficient (Wildman–Crippen LogP) is 4.65. The molecule has 1 unspecified atom stereocenters. The summed E-state index contributed by atoms with van der Waals surface area (Å²) in [5.41, 5.74) is -0.561. The monoisotopic (exact) mass is 461 g/mol. The van der Waals surface area contributed by atoms with Gasteiger partial charge in [0.15, 0.2) is 6.29 Å². The Bertz CT molecular complexity index is 747. The van der Waals surface area contributed by atoms with Gasteiger partial charge in [-0.05, 0) is 52.9 Å². The standard InChI is InChI=1S/C22H34F3N3O4/c1-21(2,3)32-20(29)27-9-7-16(8-10-27)19-26-17(14-22(23,24)25)15-28(19)11-13-31-18-6-4-5-12-30-18/h15-16,18H,4-14H2,1-3H3. The molecule has 0 bridgehead atoms. The Balaban J connectivity index is 1.62. The average molecular weight is 462 g/mol. The fraction of sp³-hybridized carbons (Fsp3) is 0.818. The third kappa shape index (κ3) is 7.65. The summed E-state index contributed by atoms with van der Waals surface area (Å²) >= 11 is 0. The molecule has 2 saturated heterocycles. The Morgan fingerprint density at radius 3 is 2.50 bits per heavy atom. The van der Waals surface area contributed by atoms with Crippen molar-refractivity contribution in [3.63, 3.8) is 0 Å². The smallest absolute Gasteiger partial charge is 0.410 e. The number of piperidine rings is 1. The second-order valence-corrected chi connectivity index (χ2v) is 9.48. The number of aromatic nitrogens is 2. The molecule has 3 rings (SSSR count). The number of amides is 1. The van der Waals surface area contributed by atoms with Gasteiger partial charge in [0.05, 0.1) is 18.7 Å². The minimum absolute atomic E-state index is 0.0102. The van der Waals surface area contributed by atoms with E-state index in [1.807, 2.05) is 20.8 Å². The zero-order valence-corrected chi connectivity index (χ0v) is 19.1. The third-order valence-electron chi connectivity index (χ3n) is 5.52. The Kier molecular flexibility index (Phi) is 8.08. The van der Waals surface area contributed by atoms with Crippen molar-refractivity contribution in [1.82, 2.24) is 14.5 Å². The maximum atomic E-state index is 12.9. The van der Waals surface area contributed by atoms with Crippen molar-refractivity contribution >= 4 is 6.09 Å². The number of hydrogen-bond donors (Lipinski definition) is 0. The van der Waals surface area contributed by atoms with Crippen LogP contribution in [0.15, 0.2) is 6.20 Å². The molecule has 0 aromatic carbocycles. The van der Waals surface area contributed by atoms with Gasteiger partial charge in [-0.2, -0.15) is 13.2 Å². The van der Waals surface area contributed by atoms with E-state index in [1.54, 1.807) is 9.47 Å². The SMILES string of the molecule is CC(C)(C)OC(=O)N1CCC(c2nc(CC(F)(F)F)cn2CCOC2CCCCO2)CC1. The first kappa shape index (κ1) is 24.8. The van der Waals surface area contributed by atoms with Crippen molar-refractivity contribution in [2.45, 2.75) is 89.8 Å². The van der Waals surface area contributed by atoms with E-state index in [-0.39, 0.29) is 24.0 Å². The molecule has 1 aromatic rings. The van der Waals surface area contributed by atoms with Gasteiger partial charge in [0.1, 0.15) is 11.4 Å². The Labute approximate surface area is 187 Å². The molecular formula is C22H34F3N3O4. The molecule has 2 aliphatic rings. The molecule has 3 heterocycles. The van der Waals surface area contributed by atoms with Gasteiger partial charge in [0, 0.05) is 38.4 Å². The normalized spacial score (nSPS) is 21.1. The summed E-state index contributed by atoms with van der Waals surface area (Å²) in [6.45, 7) is 7.83. The lowest BCUT2D eigenvalue weighted by Crippen LogP contribution is -2.41. The molecule has 0 radical (unpaired) electrons. The number of alkyl halides is 3. The Morgan fingerprint density at radius 2 is 1.91 bits per heavy atom. The summed E-state index contributed by atoms with van der Waals surface area (Å²) in [7, 11) is 0. The molecule has 0 aliphatic carbocycles. The topological polar surface area (TPSA) is 65.8 Å². The zero-order valence-electron chi connectivity index (χ0n) is 19.1. The molecule has 32 heavy (non-hydrogen) atoms. The van der Waals surface area contributed by atoms with E-state index in [0.29, 0.717) is 51.5 Å². The van der Waals surface area contributed by atoms with Gasteiger partial charge in [-0.15, -0.1) is 0 Å². The summed E-state index contributed by atoms with van der Waals surface area (Å²) in [6, 6.07) is 0. The van der Waals surface area contributed by atoms with Crippen molar-refractivity contribution in [2.24, 2.45) is 0 Å². The van der Waals surface area contributed by atoms with E-state index in [9.17, 15) is 18.0 Å². The Morgan fingerprint density at radius 1 is 1.19 bits per heavy atom. The van der Waals surface area contributed by atoms with Gasteiger partial charge in [0.2, 0.25) is 0 Å². The van der Waals surface area contributed by atoms with Crippen LogP contribution < -0.4 is 0 Å². The quantitative estimate of drug-likeness (QED) is 0.617. The molecule has 2 fully saturated rings. The van der Waals surface area contributed by atoms with Crippen molar-refractivity contribution in [2.75, 3.05) is 26.3 Å². The number of ether oxygens (including phenoxy) is 3. The maximum absolute atomic E-state index is 12.9. The number of carbonyl (C=O) groups is 1. The molecule has 2 aliphatic heterocycles. The molecule has 0 spiro atoms. The van der Waals surface area contributed by atoms with Crippen LogP contribution in [0.4, 0.5) is 18.0 Å². The second-order valence-electron chi connectivity index (χ2n) is 9.48. The number of imidazole rings is 1. The highest BCUT2D eigenvalue weighted by atomic mass is 19.4. The fourth-order valence-corrected chi connectivity index (χ4v) is 4.05. The summed E-state index contributed by atoms with van der Waals surface area (Å²) in [4.78, 5) is 18.3. The highest BCUT2D eigenvalue weighted by molar-refractivity contribution is 5.68. The zero-order chi connectivity index (χ0) is 23.4. The summed E-state index contributed by atoms with van der Waals surface area (Å²) in [5.74, 6) is 0.600. The number of halogens is 3. The molecule has 1 atom stereocenters. The van der Waals surface area contributed by atoms with Gasteiger partial charge in [-0.25, -0.2) is 9.78 Å². The lowest BCUT2D eigenvalue weighted by Gasteiger charge is -2.33. The van der Waals surface area contributed by atoms with Crippen LogP contribution in [-0.2, 0) is 27.2 Å². The van der Waals surface area contributed by atoms with E-state index in [4.69, 9.17) is 14.2 Å². The summed E-state index contributed by atoms with van der Waals surface area (Å²) < 4.78 is 57.4. The van der Waals surface area contributed by atoms with Gasteiger partial charge in [-0.3, -0.25) is 0 Å². The number of nitrogens with zero attached hydrogens (tertiary/aromatic N) is 3. The van der Waals surface area contributed by atoms with Crippen molar-refractivity contribution in [3.8, 4) is 0 Å². The minimum atomic E-state index is -4.32. The summed E-state index contributed by atoms with van der Waals surface area (Å²) in [6.07, 6.45) is -0.364. The molecular weight excluding hydrogens is 427 g/mol. The van der Waals surface area contributed by atoms with Gasteiger partial charge < -0.3 is 23.7 Å². The van der Waals surface area contributed by atoms with E-state index >= 15 is 0 Å². The number of carbonyl (C=O) groups excluding carboxylic acids is 1. The molecule has 1 aromatic heterocycles. The molecule has 7 nitrogen and oxygen atoms in total. The maximum Gasteiger partial charge on any atom is 0.410 e. The minimum Gasteiger partial charge on any atom is -0.444 e. The van der Waals surface area contributed by atoms with Crippen LogP contribution in [0.2, 0.25) is 0 Å². The van der Waals surface area contributed by atoms with Crippen molar-refractivity contribution < 1.29 is 32.2 Å². The van der Waals surface area contributed by atoms with Crippen LogP contribution in [0.3, 0.4) is 0 Å². The van der Waals surface area contributed by atoms with Crippen molar-refractivity contribution in [3.05, 3.63) is 17.7 Å². The second kappa shape index (κ2) is 10.4. The predicted molar refractivity (Wildman–Crippen MR) is 111 cm³/mol. The number of likely N-dealkylation sites (tertiary alicyclic amines) is 1. The first-order chi connectivity index (χ1) is 15.0. The third-order valence-corrected chi connectivity index (χ3v) is 5.52. The van der Waals surface area contributed by atoms with Gasteiger partial charge >= 0.3 is 12.3 Å². The highest BCUT2D eigenvalue weighted by Crippen LogP contribution is 2.30. The molecule has 10 heteroatoms. The highest BCUT2D eigenvalue weighted by Gasteiger charge is 2.33. The lowest BCUT2D eigenvalue weighted by atomic mass is 9.96. The van der Waals surface area contributed by atoms with Gasteiger partial charge in [0.25, 0.3) is 0 Å². The van der Waals surface area contributed by atoms with E-state index < -0.39 is 18.2 Å². The molecule has 1 amide bonds. The van der Waals surface area contributed by atoms with E-state index in [1.165, 1.54) is 6.20 Å². The largest absolute Gasteiger partial charge is 0.444 e. The van der Waals surface area contributed by atoms with Crippen LogP contribution in [-0.4, -0.2) is 64.9 Å². The first-order valence-corrected chi connectivity index (χ1v) is 11.3. The molecule has 0 saturated carbocycles. The van der Waals surface area contributed by atoms with E-state index in [0.717, 1.165) is 19.3 Å². The fourth-order valence-electron chi connectivity index (χ4n) is 4.05. The van der Waals surface area contributed by atoms with E-state index in [2.05, 4.69) is 4.98 Å². The van der Waals surface area contributed by atoms with Crippen LogP contribution in [0, 0.1) is 0 Å². The molecule has 182 valence electrons. The van der Waals surface area contributed by atoms with Crippen LogP contribution in [0.25, 0.3) is 0 Å². The first-order valence-electron chi connectivity index (χ1n) is 11.3. The number of hydrogen-bond acceptors (Lipinski definition) is 5.